The molecule has 3 aliphatic rings. The Morgan fingerprint density at radius 2 is 2.19 bits per heavy atom. The maximum atomic E-state index is 9.95. The fraction of sp³-hybridized carbons (Fsp3) is 0.529. The number of ether oxygens (including phenoxy) is 1. The molecule has 0 unspecified atom stereocenters. The summed E-state index contributed by atoms with van der Waals surface area (Å²) < 4.78 is 6.29. The van der Waals surface area contributed by atoms with Gasteiger partial charge in [0.1, 0.15) is 11.9 Å². The molecule has 3 nitrogen and oxygen atoms in total. The zero-order valence-electron chi connectivity index (χ0n) is 12.7. The molecule has 0 saturated heterocycles. The molecule has 1 aliphatic carbocycles. The quantitative estimate of drug-likeness (QED) is 0.557. The SMILES string of the molecule is Cc1ccc2c3c1O[C@H]1C[C@@H](O)C=C[C@@]31CCN(C)C2.[Ac]. The first-order chi connectivity index (χ1) is 9.60. The van der Waals surface area contributed by atoms with Crippen molar-refractivity contribution in [1.29, 1.82) is 0 Å². The van der Waals surface area contributed by atoms with Crippen LogP contribution >= 0.6 is 0 Å². The van der Waals surface area contributed by atoms with Crippen LogP contribution < -0.4 is 4.74 Å². The van der Waals surface area contributed by atoms with E-state index < -0.39 is 0 Å². The first kappa shape index (κ1) is 16.0. The second-order valence-electron chi connectivity index (χ2n) is 6.54. The first-order valence-electron chi connectivity index (χ1n) is 7.46. The van der Waals surface area contributed by atoms with Crippen LogP contribution in [0.2, 0.25) is 0 Å². The Bertz CT molecular complexity index is 601. The normalized spacial score (nSPS) is 33.5. The molecule has 1 aromatic rings. The van der Waals surface area contributed by atoms with E-state index in [-0.39, 0.29) is 61.7 Å². The number of benzene rings is 1. The molecule has 21 heavy (non-hydrogen) atoms. The molecule has 0 amide bonds. The topological polar surface area (TPSA) is 32.7 Å². The van der Waals surface area contributed by atoms with Crippen molar-refractivity contribution in [1.82, 2.24) is 4.90 Å². The number of aliphatic hydroxyl groups excluding tert-OH is 1. The molecular formula is C17H21AcNO2. The molecule has 1 aromatic carbocycles. The van der Waals surface area contributed by atoms with Gasteiger partial charge in [0.15, 0.2) is 0 Å². The number of hydrogen-bond donors (Lipinski definition) is 1. The van der Waals surface area contributed by atoms with Crippen molar-refractivity contribution in [3.05, 3.63) is 41.0 Å². The molecule has 4 heteroatoms. The van der Waals surface area contributed by atoms with Crippen molar-refractivity contribution in [3.63, 3.8) is 0 Å². The van der Waals surface area contributed by atoms with Crippen LogP contribution in [0.25, 0.3) is 0 Å². The Morgan fingerprint density at radius 1 is 1.38 bits per heavy atom. The molecular weight excluding hydrogens is 477 g/mol. The van der Waals surface area contributed by atoms with Crippen molar-refractivity contribution in [3.8, 4) is 5.75 Å². The third-order valence-electron chi connectivity index (χ3n) is 5.16. The summed E-state index contributed by atoms with van der Waals surface area (Å²) in [6.07, 6.45) is 5.68. The maximum Gasteiger partial charge on any atom is 0.127 e. The van der Waals surface area contributed by atoms with Crippen LogP contribution in [0.3, 0.4) is 0 Å². The van der Waals surface area contributed by atoms with Gasteiger partial charge in [-0.05, 0) is 38.1 Å². The van der Waals surface area contributed by atoms with Gasteiger partial charge in [0.2, 0.25) is 0 Å². The van der Waals surface area contributed by atoms with Crippen LogP contribution in [-0.2, 0) is 12.0 Å². The van der Waals surface area contributed by atoms with Crippen LogP contribution in [0, 0.1) is 51.0 Å². The number of hydrogen-bond acceptors (Lipinski definition) is 3. The minimum atomic E-state index is -0.371. The van der Waals surface area contributed by atoms with Crippen LogP contribution in [0.15, 0.2) is 24.3 Å². The summed E-state index contributed by atoms with van der Waals surface area (Å²) in [6.45, 7) is 4.17. The van der Waals surface area contributed by atoms with E-state index in [1.807, 2.05) is 6.08 Å². The van der Waals surface area contributed by atoms with Crippen molar-refractivity contribution in [2.24, 2.45) is 0 Å². The zero-order valence-corrected chi connectivity index (χ0v) is 17.4. The van der Waals surface area contributed by atoms with Gasteiger partial charge < -0.3 is 14.7 Å². The minimum absolute atomic E-state index is 0. The number of rotatable bonds is 0. The van der Waals surface area contributed by atoms with E-state index in [1.165, 1.54) is 16.7 Å². The molecule has 0 saturated carbocycles. The Balaban J connectivity index is 0.00000132. The second-order valence-corrected chi connectivity index (χ2v) is 6.54. The van der Waals surface area contributed by atoms with Gasteiger partial charge in [0.25, 0.3) is 0 Å². The molecule has 0 bridgehead atoms. The van der Waals surface area contributed by atoms with Crippen LogP contribution in [0.1, 0.15) is 29.5 Å². The number of aliphatic hydroxyl groups is 1. The summed E-state index contributed by atoms with van der Waals surface area (Å²) in [5, 5.41) is 9.95. The van der Waals surface area contributed by atoms with Gasteiger partial charge >= 0.3 is 0 Å². The molecule has 1 N–H and O–H groups in total. The van der Waals surface area contributed by atoms with Crippen LogP contribution in [-0.4, -0.2) is 35.8 Å². The van der Waals surface area contributed by atoms with E-state index in [0.29, 0.717) is 6.42 Å². The second kappa shape index (κ2) is 5.64. The van der Waals surface area contributed by atoms with E-state index in [0.717, 1.165) is 25.3 Å². The standard InChI is InChI=1S/C17H21NO2.Ac/c1-11-3-4-12-10-18(2)8-7-17-6-5-13(19)9-14(17)20-16(11)15(12)17;/h3-6,13-14,19H,7-10H2,1-2H3;/t13-,14-,17-;/m0./s1. The third kappa shape index (κ3) is 2.34. The summed E-state index contributed by atoms with van der Waals surface area (Å²) in [6, 6.07) is 4.42. The van der Waals surface area contributed by atoms with E-state index in [2.05, 4.69) is 37.1 Å². The smallest absolute Gasteiger partial charge is 0.127 e. The Labute approximate surface area is 161 Å². The molecule has 0 fully saturated rings. The molecule has 3 atom stereocenters. The zero-order chi connectivity index (χ0) is 13.9. The Morgan fingerprint density at radius 3 is 3.00 bits per heavy atom. The Hall–Kier alpha value is 0.122. The van der Waals surface area contributed by atoms with Crippen LogP contribution in [0.4, 0.5) is 0 Å². The van der Waals surface area contributed by atoms with Crippen molar-refractivity contribution in [2.45, 2.75) is 43.9 Å². The summed E-state index contributed by atoms with van der Waals surface area (Å²) >= 11 is 0. The molecule has 0 aromatic heterocycles. The predicted octanol–water partition coefficient (Wildman–Crippen LogP) is 2.15. The first-order valence-corrected chi connectivity index (χ1v) is 7.46. The van der Waals surface area contributed by atoms with Gasteiger partial charge in [-0.25, -0.2) is 0 Å². The Kier molecular flexibility index (Phi) is 4.30. The van der Waals surface area contributed by atoms with Gasteiger partial charge in [-0.1, -0.05) is 24.3 Å². The maximum absolute atomic E-state index is 9.95. The summed E-state index contributed by atoms with van der Waals surface area (Å²) in [4.78, 5) is 2.38. The molecule has 109 valence electrons. The average molecular weight is 498 g/mol. The van der Waals surface area contributed by atoms with Crippen molar-refractivity contribution >= 4 is 0 Å². The summed E-state index contributed by atoms with van der Waals surface area (Å²) in [5.41, 5.74) is 3.95. The summed E-state index contributed by atoms with van der Waals surface area (Å²) in [5.74, 6) is 1.07. The third-order valence-corrected chi connectivity index (χ3v) is 5.16. The number of nitrogens with zero attached hydrogens (tertiary/aromatic N) is 1. The monoisotopic (exact) mass is 498 g/mol. The van der Waals surface area contributed by atoms with E-state index in [1.54, 1.807) is 0 Å². The van der Waals surface area contributed by atoms with Gasteiger partial charge in [-0.2, -0.15) is 0 Å². The van der Waals surface area contributed by atoms with E-state index in [9.17, 15) is 5.11 Å². The fourth-order valence-electron chi connectivity index (χ4n) is 4.07. The van der Waals surface area contributed by atoms with Gasteiger partial charge in [0.05, 0.1) is 11.5 Å². The van der Waals surface area contributed by atoms with Crippen LogP contribution in [0.5, 0.6) is 5.75 Å². The molecule has 4 rings (SSSR count). The average Bonchev–Trinajstić information content (AvgIpc) is 2.68. The van der Waals surface area contributed by atoms with Gasteiger partial charge in [-0.15, -0.1) is 0 Å². The summed E-state index contributed by atoms with van der Waals surface area (Å²) in [7, 11) is 2.18. The van der Waals surface area contributed by atoms with Gasteiger partial charge in [-0.3, -0.25) is 0 Å². The van der Waals surface area contributed by atoms with Crippen molar-refractivity contribution in [2.75, 3.05) is 13.6 Å². The van der Waals surface area contributed by atoms with Crippen molar-refractivity contribution < 1.29 is 53.9 Å². The number of aryl methyl sites for hydroxylation is 1. The van der Waals surface area contributed by atoms with Gasteiger partial charge in [0, 0.05) is 62.6 Å². The molecule has 1 radical (unpaired) electrons. The van der Waals surface area contributed by atoms with E-state index in [4.69, 9.17) is 4.74 Å². The molecule has 2 heterocycles. The fourth-order valence-corrected chi connectivity index (χ4v) is 4.07. The minimum Gasteiger partial charge on any atom is -0.488 e. The molecule has 2 aliphatic heterocycles. The molecule has 1 spiro atoms. The predicted molar refractivity (Wildman–Crippen MR) is 78.0 cm³/mol. The largest absolute Gasteiger partial charge is 0.488 e. The van der Waals surface area contributed by atoms with E-state index >= 15 is 0 Å².